The quantitative estimate of drug-likeness (QED) is 0.542. The van der Waals surface area contributed by atoms with Crippen molar-refractivity contribution in [3.63, 3.8) is 0 Å². The molecule has 0 radical (unpaired) electrons. The maximum Gasteiger partial charge on any atom is 0.348 e. The molecule has 136 valence electrons. The van der Waals surface area contributed by atoms with Crippen molar-refractivity contribution in [3.8, 4) is 0 Å². The average Bonchev–Trinajstić information content (AvgIpc) is 2.92. The summed E-state index contributed by atoms with van der Waals surface area (Å²) in [5.41, 5.74) is 0.107. The van der Waals surface area contributed by atoms with E-state index in [1.54, 1.807) is 20.8 Å². The molecule has 0 bridgehead atoms. The fraction of sp³-hybridized carbons (Fsp3) is 0.500. The van der Waals surface area contributed by atoms with Crippen molar-refractivity contribution in [3.05, 3.63) is 27.1 Å². The van der Waals surface area contributed by atoms with Crippen molar-refractivity contribution >= 4 is 33.5 Å². The molecular formula is C16H20N2O6S. The Labute approximate surface area is 148 Å². The number of hydrogen-bond donors (Lipinski definition) is 0. The number of carbonyl (C=O) groups is 2. The summed E-state index contributed by atoms with van der Waals surface area (Å²) in [6, 6.07) is -0.841. The van der Waals surface area contributed by atoms with Crippen LogP contribution in [0.5, 0.6) is 0 Å². The zero-order valence-electron chi connectivity index (χ0n) is 14.5. The van der Waals surface area contributed by atoms with E-state index in [4.69, 9.17) is 14.2 Å². The molecule has 0 amide bonds. The van der Waals surface area contributed by atoms with Gasteiger partial charge >= 0.3 is 11.9 Å². The Morgan fingerprint density at radius 1 is 1.32 bits per heavy atom. The zero-order chi connectivity index (χ0) is 18.6. The Morgan fingerprint density at radius 3 is 2.68 bits per heavy atom. The highest BCUT2D eigenvalue weighted by molar-refractivity contribution is 7.20. The number of methoxy groups -OCH3 is 1. The van der Waals surface area contributed by atoms with E-state index in [2.05, 4.69) is 4.98 Å². The molecule has 0 saturated carbocycles. The van der Waals surface area contributed by atoms with E-state index in [1.165, 1.54) is 18.0 Å². The fourth-order valence-corrected chi connectivity index (χ4v) is 3.30. The molecule has 0 N–H and O–H groups in total. The van der Waals surface area contributed by atoms with Crippen molar-refractivity contribution in [2.45, 2.75) is 26.8 Å². The van der Waals surface area contributed by atoms with Crippen LogP contribution in [0.4, 0.5) is 0 Å². The SMILES string of the molecule is CCOC(=O)c1sc2ncn(C(C)C(=O)OCCOC)c(=O)c2c1C. The van der Waals surface area contributed by atoms with Crippen LogP contribution in [0.2, 0.25) is 0 Å². The second-order valence-electron chi connectivity index (χ2n) is 5.25. The van der Waals surface area contributed by atoms with Crippen molar-refractivity contribution < 1.29 is 23.8 Å². The molecule has 1 atom stereocenters. The molecule has 0 aliphatic heterocycles. The third-order valence-corrected chi connectivity index (χ3v) is 4.81. The van der Waals surface area contributed by atoms with Gasteiger partial charge in [0.2, 0.25) is 0 Å². The lowest BCUT2D eigenvalue weighted by Gasteiger charge is -2.13. The van der Waals surface area contributed by atoms with E-state index in [0.29, 0.717) is 20.7 Å². The first-order valence-electron chi connectivity index (χ1n) is 7.75. The summed E-state index contributed by atoms with van der Waals surface area (Å²) in [4.78, 5) is 41.8. The predicted octanol–water partition coefficient (Wildman–Crippen LogP) is 1.69. The minimum Gasteiger partial charge on any atom is -0.462 e. The first kappa shape index (κ1) is 19.1. The minimum atomic E-state index is -0.841. The minimum absolute atomic E-state index is 0.106. The van der Waals surface area contributed by atoms with Gasteiger partial charge in [-0.3, -0.25) is 9.36 Å². The van der Waals surface area contributed by atoms with Gasteiger partial charge in [0.05, 0.1) is 24.9 Å². The molecule has 0 aliphatic rings. The number of aromatic nitrogens is 2. The van der Waals surface area contributed by atoms with E-state index in [-0.39, 0.29) is 19.8 Å². The molecule has 1 unspecified atom stereocenters. The lowest BCUT2D eigenvalue weighted by molar-refractivity contribution is -0.148. The number of carbonyl (C=O) groups excluding carboxylic acids is 2. The van der Waals surface area contributed by atoms with Gasteiger partial charge in [-0.05, 0) is 26.3 Å². The Bertz CT molecular complexity index is 841. The smallest absolute Gasteiger partial charge is 0.348 e. The van der Waals surface area contributed by atoms with Crippen LogP contribution in [-0.2, 0) is 19.0 Å². The van der Waals surface area contributed by atoms with Crippen molar-refractivity contribution in [1.29, 1.82) is 0 Å². The molecule has 25 heavy (non-hydrogen) atoms. The summed E-state index contributed by atoms with van der Waals surface area (Å²) in [7, 11) is 1.50. The van der Waals surface area contributed by atoms with Crippen LogP contribution in [0.1, 0.15) is 35.1 Å². The van der Waals surface area contributed by atoms with Gasteiger partial charge in [0.25, 0.3) is 5.56 Å². The van der Waals surface area contributed by atoms with E-state index in [0.717, 1.165) is 11.3 Å². The second-order valence-corrected chi connectivity index (χ2v) is 6.25. The highest BCUT2D eigenvalue weighted by atomic mass is 32.1. The summed E-state index contributed by atoms with van der Waals surface area (Å²) in [6.07, 6.45) is 1.29. The summed E-state index contributed by atoms with van der Waals surface area (Å²) < 4.78 is 16.1. The zero-order valence-corrected chi connectivity index (χ0v) is 15.3. The van der Waals surface area contributed by atoms with Crippen molar-refractivity contribution in [1.82, 2.24) is 9.55 Å². The lowest BCUT2D eigenvalue weighted by atomic mass is 10.2. The Hall–Kier alpha value is -2.26. The van der Waals surface area contributed by atoms with Crippen LogP contribution in [0.25, 0.3) is 10.2 Å². The topological polar surface area (TPSA) is 96.7 Å². The van der Waals surface area contributed by atoms with E-state index >= 15 is 0 Å². The van der Waals surface area contributed by atoms with Gasteiger partial charge in [0, 0.05) is 7.11 Å². The third-order valence-electron chi connectivity index (χ3n) is 3.63. The van der Waals surface area contributed by atoms with Gasteiger partial charge in [-0.2, -0.15) is 0 Å². The first-order valence-corrected chi connectivity index (χ1v) is 8.56. The average molecular weight is 368 g/mol. The Balaban J connectivity index is 2.39. The number of aryl methyl sites for hydroxylation is 1. The van der Waals surface area contributed by atoms with Crippen LogP contribution in [0.3, 0.4) is 0 Å². The number of esters is 2. The maximum atomic E-state index is 12.8. The largest absolute Gasteiger partial charge is 0.462 e. The van der Waals surface area contributed by atoms with Gasteiger partial charge in [0.1, 0.15) is 22.4 Å². The number of hydrogen-bond acceptors (Lipinski definition) is 8. The van der Waals surface area contributed by atoms with Crippen LogP contribution in [0, 0.1) is 6.92 Å². The van der Waals surface area contributed by atoms with Crippen molar-refractivity contribution in [2.75, 3.05) is 26.9 Å². The van der Waals surface area contributed by atoms with Crippen LogP contribution in [-0.4, -0.2) is 48.4 Å². The van der Waals surface area contributed by atoms with Gasteiger partial charge in [0.15, 0.2) is 0 Å². The highest BCUT2D eigenvalue weighted by Crippen LogP contribution is 2.27. The molecule has 9 heteroatoms. The molecule has 2 aromatic heterocycles. The fourth-order valence-electron chi connectivity index (χ4n) is 2.26. The number of ether oxygens (including phenoxy) is 3. The normalized spacial score (nSPS) is 12.2. The number of rotatable bonds is 7. The molecule has 0 saturated heterocycles. The standard InChI is InChI=1S/C16H20N2O6S/c1-5-23-16(21)12-9(2)11-13(25-12)17-8-18(14(11)19)10(3)15(20)24-7-6-22-4/h8,10H,5-7H2,1-4H3. The molecule has 2 heterocycles. The van der Waals surface area contributed by atoms with Gasteiger partial charge in [-0.25, -0.2) is 14.6 Å². The van der Waals surface area contributed by atoms with Crippen LogP contribution >= 0.6 is 11.3 Å². The molecule has 2 rings (SSSR count). The number of fused-ring (bicyclic) bond motifs is 1. The summed E-state index contributed by atoms with van der Waals surface area (Å²) in [5.74, 6) is -1.04. The van der Waals surface area contributed by atoms with E-state index in [1.807, 2.05) is 0 Å². The van der Waals surface area contributed by atoms with E-state index in [9.17, 15) is 14.4 Å². The van der Waals surface area contributed by atoms with Gasteiger partial charge in [-0.15, -0.1) is 11.3 Å². The van der Waals surface area contributed by atoms with Crippen LogP contribution < -0.4 is 5.56 Å². The third kappa shape index (κ3) is 3.88. The monoisotopic (exact) mass is 368 g/mol. The maximum absolute atomic E-state index is 12.8. The molecule has 0 fully saturated rings. The molecule has 2 aromatic rings. The van der Waals surface area contributed by atoms with E-state index < -0.39 is 23.5 Å². The molecule has 0 aliphatic carbocycles. The van der Waals surface area contributed by atoms with Gasteiger partial charge < -0.3 is 14.2 Å². The number of nitrogens with zero attached hydrogens (tertiary/aromatic N) is 2. The highest BCUT2D eigenvalue weighted by Gasteiger charge is 2.24. The Morgan fingerprint density at radius 2 is 2.04 bits per heavy atom. The van der Waals surface area contributed by atoms with Crippen molar-refractivity contribution in [2.24, 2.45) is 0 Å². The lowest BCUT2D eigenvalue weighted by Crippen LogP contribution is -2.30. The first-order chi connectivity index (χ1) is 11.9. The molecule has 0 aromatic carbocycles. The second kappa shape index (κ2) is 8.21. The summed E-state index contributed by atoms with van der Waals surface area (Å²) in [6.45, 7) is 5.56. The molecule has 8 nitrogen and oxygen atoms in total. The Kier molecular flexibility index (Phi) is 6.27. The summed E-state index contributed by atoms with van der Waals surface area (Å²) >= 11 is 1.10. The predicted molar refractivity (Wildman–Crippen MR) is 92.1 cm³/mol. The van der Waals surface area contributed by atoms with Gasteiger partial charge in [-0.1, -0.05) is 0 Å². The molecule has 0 spiro atoms. The number of thiophene rings is 1. The molecular weight excluding hydrogens is 348 g/mol. The van der Waals surface area contributed by atoms with Crippen LogP contribution in [0.15, 0.2) is 11.1 Å². The summed E-state index contributed by atoms with van der Waals surface area (Å²) in [5, 5.41) is 0.312.